The number of unbranched alkanes of at least 4 members (excludes halogenated alkanes) is 1. The first-order valence-electron chi connectivity index (χ1n) is 6.91. The molecule has 1 fully saturated rings. The molecule has 0 aromatic rings. The van der Waals surface area contributed by atoms with Crippen molar-refractivity contribution in [2.45, 2.75) is 45.6 Å². The summed E-state index contributed by atoms with van der Waals surface area (Å²) in [6.45, 7) is 10.9. The third-order valence-corrected chi connectivity index (χ3v) is 3.26. The molecule has 3 heteroatoms. The Bertz CT molecular complexity index is 162. The number of rotatable bonds is 8. The highest BCUT2D eigenvalue weighted by Gasteiger charge is 2.20. The Morgan fingerprint density at radius 1 is 1.25 bits per heavy atom. The fourth-order valence-electron chi connectivity index (χ4n) is 2.25. The zero-order valence-corrected chi connectivity index (χ0v) is 11.0. The van der Waals surface area contributed by atoms with E-state index in [9.17, 15) is 0 Å². The van der Waals surface area contributed by atoms with Crippen LogP contribution in [0.25, 0.3) is 0 Å². The first-order chi connectivity index (χ1) is 7.88. The number of piperazine rings is 1. The molecular formula is C13H28N2O. The maximum absolute atomic E-state index is 5.64. The van der Waals surface area contributed by atoms with E-state index in [1.807, 2.05) is 0 Å². The van der Waals surface area contributed by atoms with Gasteiger partial charge in [0.2, 0.25) is 0 Å². The van der Waals surface area contributed by atoms with Gasteiger partial charge in [0.25, 0.3) is 0 Å². The number of hydrogen-bond donors (Lipinski definition) is 1. The molecule has 96 valence electrons. The van der Waals surface area contributed by atoms with Crippen LogP contribution in [0, 0.1) is 0 Å². The van der Waals surface area contributed by atoms with Crippen LogP contribution in [-0.4, -0.2) is 50.3 Å². The van der Waals surface area contributed by atoms with E-state index in [4.69, 9.17) is 4.74 Å². The number of nitrogens with zero attached hydrogens (tertiary/aromatic N) is 1. The van der Waals surface area contributed by atoms with Gasteiger partial charge in [-0.15, -0.1) is 0 Å². The van der Waals surface area contributed by atoms with Crippen LogP contribution in [0.3, 0.4) is 0 Å². The molecule has 0 radical (unpaired) electrons. The van der Waals surface area contributed by atoms with E-state index in [1.165, 1.54) is 32.2 Å². The highest BCUT2D eigenvalue weighted by molar-refractivity contribution is 4.79. The zero-order valence-electron chi connectivity index (χ0n) is 11.0. The van der Waals surface area contributed by atoms with Crippen molar-refractivity contribution < 1.29 is 4.74 Å². The van der Waals surface area contributed by atoms with Crippen molar-refractivity contribution in [1.82, 2.24) is 10.2 Å². The lowest BCUT2D eigenvalue weighted by Crippen LogP contribution is -2.52. The molecule has 0 aromatic carbocycles. The molecule has 0 amide bonds. The monoisotopic (exact) mass is 228 g/mol. The Hall–Kier alpha value is -0.120. The molecule has 1 atom stereocenters. The minimum absolute atomic E-state index is 0.730. The summed E-state index contributed by atoms with van der Waals surface area (Å²) in [5.74, 6) is 0. The van der Waals surface area contributed by atoms with Crippen molar-refractivity contribution in [3.05, 3.63) is 0 Å². The van der Waals surface area contributed by atoms with Crippen molar-refractivity contribution >= 4 is 0 Å². The van der Waals surface area contributed by atoms with Crippen LogP contribution in [0.4, 0.5) is 0 Å². The Kier molecular flexibility index (Phi) is 7.81. The first-order valence-corrected chi connectivity index (χ1v) is 6.91. The quantitative estimate of drug-likeness (QED) is 0.642. The number of ether oxygens (including phenoxy) is 1. The third-order valence-electron chi connectivity index (χ3n) is 3.26. The summed E-state index contributed by atoms with van der Waals surface area (Å²) in [5, 5.41) is 3.48. The second-order valence-corrected chi connectivity index (χ2v) is 4.65. The lowest BCUT2D eigenvalue weighted by molar-refractivity contribution is 0.0728. The lowest BCUT2D eigenvalue weighted by atomic mass is 10.1. The third kappa shape index (κ3) is 5.28. The van der Waals surface area contributed by atoms with Crippen LogP contribution in [-0.2, 0) is 4.74 Å². The highest BCUT2D eigenvalue weighted by Crippen LogP contribution is 2.08. The fourth-order valence-corrected chi connectivity index (χ4v) is 2.25. The lowest BCUT2D eigenvalue weighted by Gasteiger charge is -2.36. The van der Waals surface area contributed by atoms with Gasteiger partial charge in [0.15, 0.2) is 0 Å². The van der Waals surface area contributed by atoms with Gasteiger partial charge in [-0.2, -0.15) is 0 Å². The van der Waals surface area contributed by atoms with E-state index in [0.29, 0.717) is 0 Å². The average Bonchev–Trinajstić information content (AvgIpc) is 2.31. The van der Waals surface area contributed by atoms with Crippen molar-refractivity contribution in [1.29, 1.82) is 0 Å². The maximum Gasteiger partial charge on any atom is 0.0593 e. The maximum atomic E-state index is 5.64. The Morgan fingerprint density at radius 2 is 2.12 bits per heavy atom. The summed E-state index contributed by atoms with van der Waals surface area (Å²) >= 11 is 0. The van der Waals surface area contributed by atoms with Gasteiger partial charge in [-0.25, -0.2) is 0 Å². The second-order valence-electron chi connectivity index (χ2n) is 4.65. The Balaban J connectivity index is 2.11. The standard InChI is InChI=1S/C13H28N2O/c1-3-5-10-16-11-9-15-8-7-14-12-13(15)6-4-2/h13-14H,3-12H2,1-2H3. The van der Waals surface area contributed by atoms with Gasteiger partial charge >= 0.3 is 0 Å². The normalized spacial score (nSPS) is 22.5. The highest BCUT2D eigenvalue weighted by atomic mass is 16.5. The molecule has 0 spiro atoms. The van der Waals surface area contributed by atoms with E-state index in [0.717, 1.165) is 38.9 Å². The predicted octanol–water partition coefficient (Wildman–Crippen LogP) is 1.88. The minimum Gasteiger partial charge on any atom is -0.380 e. The van der Waals surface area contributed by atoms with Crippen LogP contribution in [0.5, 0.6) is 0 Å². The van der Waals surface area contributed by atoms with Crippen LogP contribution < -0.4 is 5.32 Å². The van der Waals surface area contributed by atoms with Crippen LogP contribution in [0.1, 0.15) is 39.5 Å². The van der Waals surface area contributed by atoms with Crippen molar-refractivity contribution in [2.24, 2.45) is 0 Å². The van der Waals surface area contributed by atoms with Gasteiger partial charge in [-0.05, 0) is 12.8 Å². The van der Waals surface area contributed by atoms with Gasteiger partial charge in [-0.3, -0.25) is 4.90 Å². The predicted molar refractivity (Wildman–Crippen MR) is 68.9 cm³/mol. The Morgan fingerprint density at radius 3 is 2.88 bits per heavy atom. The van der Waals surface area contributed by atoms with E-state index in [-0.39, 0.29) is 0 Å². The molecule has 16 heavy (non-hydrogen) atoms. The van der Waals surface area contributed by atoms with E-state index >= 15 is 0 Å². The second kappa shape index (κ2) is 8.97. The summed E-state index contributed by atoms with van der Waals surface area (Å²) in [6, 6.07) is 0.730. The molecule has 1 heterocycles. The van der Waals surface area contributed by atoms with E-state index in [2.05, 4.69) is 24.1 Å². The SMILES string of the molecule is CCCCOCCN1CCNCC1CCC. The fraction of sp³-hybridized carbons (Fsp3) is 1.00. The smallest absolute Gasteiger partial charge is 0.0593 e. The van der Waals surface area contributed by atoms with Gasteiger partial charge in [-0.1, -0.05) is 26.7 Å². The molecule has 0 aromatic heterocycles. The number of nitrogens with one attached hydrogen (secondary N) is 1. The molecule has 0 bridgehead atoms. The zero-order chi connectivity index (χ0) is 11.6. The average molecular weight is 228 g/mol. The summed E-state index contributed by atoms with van der Waals surface area (Å²) in [4.78, 5) is 2.59. The Labute approximate surface area is 101 Å². The van der Waals surface area contributed by atoms with Crippen molar-refractivity contribution in [3.8, 4) is 0 Å². The summed E-state index contributed by atoms with van der Waals surface area (Å²) in [7, 11) is 0. The van der Waals surface area contributed by atoms with Crippen LogP contribution >= 0.6 is 0 Å². The molecule has 1 aliphatic rings. The topological polar surface area (TPSA) is 24.5 Å². The summed E-state index contributed by atoms with van der Waals surface area (Å²) < 4.78 is 5.64. The van der Waals surface area contributed by atoms with E-state index in [1.54, 1.807) is 0 Å². The van der Waals surface area contributed by atoms with Crippen molar-refractivity contribution in [3.63, 3.8) is 0 Å². The van der Waals surface area contributed by atoms with Gasteiger partial charge in [0.05, 0.1) is 6.61 Å². The first kappa shape index (κ1) is 13.9. The van der Waals surface area contributed by atoms with Crippen LogP contribution in [0.2, 0.25) is 0 Å². The molecule has 1 N–H and O–H groups in total. The molecule has 1 unspecified atom stereocenters. The summed E-state index contributed by atoms with van der Waals surface area (Å²) in [6.07, 6.45) is 5.01. The van der Waals surface area contributed by atoms with Crippen molar-refractivity contribution in [2.75, 3.05) is 39.4 Å². The van der Waals surface area contributed by atoms with Gasteiger partial charge in [0, 0.05) is 38.8 Å². The number of hydrogen-bond acceptors (Lipinski definition) is 3. The molecular weight excluding hydrogens is 200 g/mol. The van der Waals surface area contributed by atoms with E-state index < -0.39 is 0 Å². The molecule has 3 nitrogen and oxygen atoms in total. The minimum atomic E-state index is 0.730. The molecule has 1 saturated heterocycles. The van der Waals surface area contributed by atoms with Gasteiger partial charge in [0.1, 0.15) is 0 Å². The van der Waals surface area contributed by atoms with Crippen LogP contribution in [0.15, 0.2) is 0 Å². The molecule has 1 rings (SSSR count). The largest absolute Gasteiger partial charge is 0.380 e. The molecule has 1 aliphatic heterocycles. The summed E-state index contributed by atoms with van der Waals surface area (Å²) in [5.41, 5.74) is 0. The molecule has 0 saturated carbocycles. The molecule has 0 aliphatic carbocycles. The van der Waals surface area contributed by atoms with Gasteiger partial charge < -0.3 is 10.1 Å².